The molecule has 0 bridgehead atoms. The molecule has 0 saturated carbocycles. The smallest absolute Gasteiger partial charge is 0.218 e. The quantitative estimate of drug-likeness (QED) is 0.662. The Bertz CT molecular complexity index is 544. The Morgan fingerprint density at radius 1 is 1.35 bits per heavy atom. The van der Waals surface area contributed by atoms with Crippen LogP contribution in [0.1, 0.15) is 43.7 Å². The zero-order valence-corrected chi connectivity index (χ0v) is 15.2. The summed E-state index contributed by atoms with van der Waals surface area (Å²) < 4.78 is 17.7. The van der Waals surface area contributed by atoms with E-state index in [1.807, 2.05) is 19.9 Å². The second-order valence-corrected chi connectivity index (χ2v) is 6.39. The molecule has 1 unspecified atom stereocenters. The van der Waals surface area contributed by atoms with Crippen LogP contribution in [0.2, 0.25) is 0 Å². The molecule has 0 fully saturated rings. The number of primary amides is 1. The first-order valence-electron chi connectivity index (χ1n) is 8.01. The summed E-state index contributed by atoms with van der Waals surface area (Å²) in [6.45, 7) is 5.30. The average Bonchev–Trinajstić information content (AvgIpc) is 2.86. The van der Waals surface area contributed by atoms with Gasteiger partial charge in [0.2, 0.25) is 5.91 Å². The lowest BCUT2D eigenvalue weighted by atomic mass is 9.97. The Labute approximate surface area is 145 Å². The van der Waals surface area contributed by atoms with E-state index in [2.05, 4.69) is 22.0 Å². The molecule has 0 radical (unpaired) electrons. The van der Waals surface area contributed by atoms with Crippen LogP contribution in [0.15, 0.2) is 16.6 Å². The molecule has 0 saturated heterocycles. The van der Waals surface area contributed by atoms with Crippen LogP contribution in [0.5, 0.6) is 5.75 Å². The van der Waals surface area contributed by atoms with Crippen molar-refractivity contribution in [1.29, 1.82) is 0 Å². The van der Waals surface area contributed by atoms with Crippen molar-refractivity contribution >= 4 is 21.8 Å². The molecule has 0 heterocycles. The van der Waals surface area contributed by atoms with Crippen molar-refractivity contribution in [1.82, 2.24) is 0 Å². The van der Waals surface area contributed by atoms with Crippen LogP contribution in [-0.4, -0.2) is 32.0 Å². The molecule has 5 nitrogen and oxygen atoms in total. The normalized spacial score (nSPS) is 16.6. The van der Waals surface area contributed by atoms with Crippen molar-refractivity contribution in [2.45, 2.75) is 45.3 Å². The highest BCUT2D eigenvalue weighted by atomic mass is 79.9. The zero-order chi connectivity index (χ0) is 16.8. The number of carbonyl (C=O) groups is 1. The monoisotopic (exact) mass is 385 g/mol. The molecule has 23 heavy (non-hydrogen) atoms. The van der Waals surface area contributed by atoms with Gasteiger partial charge in [-0.15, -0.1) is 0 Å². The predicted molar refractivity (Wildman–Crippen MR) is 91.6 cm³/mol. The summed E-state index contributed by atoms with van der Waals surface area (Å²) in [7, 11) is 0. The third-order valence-electron chi connectivity index (χ3n) is 3.92. The number of fused-ring (bicyclic) bond motifs is 1. The molecule has 0 aromatic heterocycles. The highest BCUT2D eigenvalue weighted by Gasteiger charge is 2.26. The molecular formula is C17H24BrNO4. The Balaban J connectivity index is 2.09. The van der Waals surface area contributed by atoms with Gasteiger partial charge in [0.15, 0.2) is 6.29 Å². The van der Waals surface area contributed by atoms with Gasteiger partial charge in [0, 0.05) is 19.6 Å². The van der Waals surface area contributed by atoms with Crippen LogP contribution in [-0.2, 0) is 20.7 Å². The molecular weight excluding hydrogens is 362 g/mol. The van der Waals surface area contributed by atoms with E-state index in [0.29, 0.717) is 26.2 Å². The second-order valence-electron chi connectivity index (χ2n) is 5.54. The fourth-order valence-electron chi connectivity index (χ4n) is 2.93. The van der Waals surface area contributed by atoms with Crippen LogP contribution in [0.25, 0.3) is 0 Å². The fraction of sp³-hybridized carbons (Fsp3) is 0.588. The largest absolute Gasteiger partial charge is 0.487 e. The molecule has 1 aromatic rings. The van der Waals surface area contributed by atoms with Crippen LogP contribution in [0, 0.1) is 0 Å². The third-order valence-corrected chi connectivity index (χ3v) is 4.54. The molecule has 1 aromatic carbocycles. The number of rotatable bonds is 9. The fourth-order valence-corrected chi connectivity index (χ4v) is 3.44. The Kier molecular flexibility index (Phi) is 6.87. The lowest BCUT2D eigenvalue weighted by molar-refractivity contribution is -0.152. The number of amides is 1. The van der Waals surface area contributed by atoms with E-state index in [4.69, 9.17) is 19.9 Å². The van der Waals surface area contributed by atoms with Crippen molar-refractivity contribution in [3.05, 3.63) is 27.7 Å². The summed E-state index contributed by atoms with van der Waals surface area (Å²) in [5, 5.41) is 0. The SMILES string of the molecule is CCOC(COc1cc2c(cc1Br)CCC2CC(N)=O)OCC. The third kappa shape index (κ3) is 4.93. The maximum absolute atomic E-state index is 11.2. The number of hydrogen-bond donors (Lipinski definition) is 1. The summed E-state index contributed by atoms with van der Waals surface area (Å²) in [5.74, 6) is 0.665. The predicted octanol–water partition coefficient (Wildman–Crippen LogP) is 3.13. The van der Waals surface area contributed by atoms with Crippen LogP contribution < -0.4 is 10.5 Å². The van der Waals surface area contributed by atoms with Gasteiger partial charge in [0.05, 0.1) is 4.47 Å². The number of benzene rings is 1. The first-order chi connectivity index (χ1) is 11.0. The van der Waals surface area contributed by atoms with Gasteiger partial charge in [0.25, 0.3) is 0 Å². The molecule has 1 aliphatic rings. The minimum atomic E-state index is -0.383. The molecule has 1 atom stereocenters. The molecule has 1 amide bonds. The van der Waals surface area contributed by atoms with E-state index >= 15 is 0 Å². The van der Waals surface area contributed by atoms with Crippen molar-refractivity contribution < 1.29 is 19.0 Å². The topological polar surface area (TPSA) is 70.8 Å². The van der Waals surface area contributed by atoms with Crippen molar-refractivity contribution in [3.8, 4) is 5.75 Å². The number of aryl methyl sites for hydroxylation is 1. The zero-order valence-electron chi connectivity index (χ0n) is 13.6. The summed E-state index contributed by atoms with van der Waals surface area (Å²) in [4.78, 5) is 11.2. The maximum Gasteiger partial charge on any atom is 0.218 e. The van der Waals surface area contributed by atoms with E-state index in [0.717, 1.165) is 28.6 Å². The van der Waals surface area contributed by atoms with Gasteiger partial charge in [0.1, 0.15) is 12.4 Å². The number of halogens is 1. The molecule has 0 aliphatic heterocycles. The number of hydrogen-bond acceptors (Lipinski definition) is 4. The Morgan fingerprint density at radius 3 is 2.65 bits per heavy atom. The van der Waals surface area contributed by atoms with E-state index in [-0.39, 0.29) is 18.1 Å². The van der Waals surface area contributed by atoms with E-state index in [1.165, 1.54) is 5.56 Å². The van der Waals surface area contributed by atoms with Crippen molar-refractivity contribution in [2.75, 3.05) is 19.8 Å². The summed E-state index contributed by atoms with van der Waals surface area (Å²) in [5.41, 5.74) is 7.76. The van der Waals surface area contributed by atoms with Gasteiger partial charge in [-0.1, -0.05) is 0 Å². The van der Waals surface area contributed by atoms with Crippen LogP contribution in [0.4, 0.5) is 0 Å². The number of nitrogens with two attached hydrogens (primary N) is 1. The van der Waals surface area contributed by atoms with Crippen LogP contribution >= 0.6 is 15.9 Å². The van der Waals surface area contributed by atoms with Gasteiger partial charge >= 0.3 is 0 Å². The maximum atomic E-state index is 11.2. The van der Waals surface area contributed by atoms with Gasteiger partial charge in [-0.25, -0.2) is 0 Å². The number of carbonyl (C=O) groups excluding carboxylic acids is 1. The highest BCUT2D eigenvalue weighted by Crippen LogP contribution is 2.40. The average molecular weight is 386 g/mol. The molecule has 1 aliphatic carbocycles. The minimum absolute atomic E-state index is 0.188. The first-order valence-corrected chi connectivity index (χ1v) is 8.81. The van der Waals surface area contributed by atoms with E-state index < -0.39 is 0 Å². The van der Waals surface area contributed by atoms with Crippen molar-refractivity contribution in [3.63, 3.8) is 0 Å². The Hall–Kier alpha value is -1.11. The summed E-state index contributed by atoms with van der Waals surface area (Å²) >= 11 is 3.55. The molecule has 2 N–H and O–H groups in total. The first kappa shape index (κ1) is 18.2. The highest BCUT2D eigenvalue weighted by molar-refractivity contribution is 9.10. The van der Waals surface area contributed by atoms with E-state index in [9.17, 15) is 4.79 Å². The minimum Gasteiger partial charge on any atom is -0.487 e. The van der Waals surface area contributed by atoms with Gasteiger partial charge in [-0.2, -0.15) is 0 Å². The Morgan fingerprint density at radius 2 is 2.04 bits per heavy atom. The summed E-state index contributed by atoms with van der Waals surface area (Å²) in [6, 6.07) is 4.08. The lowest BCUT2D eigenvalue weighted by Crippen LogP contribution is -2.25. The summed E-state index contributed by atoms with van der Waals surface area (Å²) in [6.07, 6.45) is 1.92. The van der Waals surface area contributed by atoms with Gasteiger partial charge in [-0.05, 0) is 71.8 Å². The van der Waals surface area contributed by atoms with Gasteiger partial charge < -0.3 is 19.9 Å². The molecule has 128 valence electrons. The molecule has 0 spiro atoms. The number of ether oxygens (including phenoxy) is 3. The van der Waals surface area contributed by atoms with Gasteiger partial charge in [-0.3, -0.25) is 4.79 Å². The molecule has 2 rings (SSSR count). The molecule has 6 heteroatoms. The second kappa shape index (κ2) is 8.66. The van der Waals surface area contributed by atoms with Crippen molar-refractivity contribution in [2.24, 2.45) is 5.73 Å². The lowest BCUT2D eigenvalue weighted by Gasteiger charge is -2.19. The standard InChI is InChI=1S/C17H24BrNO4/c1-3-21-17(22-4-2)10-23-15-9-13-11(7-14(15)18)5-6-12(13)8-16(19)20/h7,9,12,17H,3-6,8,10H2,1-2H3,(H2,19,20). The van der Waals surface area contributed by atoms with Crippen LogP contribution in [0.3, 0.4) is 0 Å². The van der Waals surface area contributed by atoms with E-state index in [1.54, 1.807) is 0 Å².